The predicted molar refractivity (Wildman–Crippen MR) is 158 cm³/mol. The lowest BCUT2D eigenvalue weighted by atomic mass is 9.98. The van der Waals surface area contributed by atoms with Gasteiger partial charge in [0.15, 0.2) is 11.6 Å². The number of nitrogens with one attached hydrogen (secondary N) is 2. The Labute approximate surface area is 241 Å². The summed E-state index contributed by atoms with van der Waals surface area (Å²) in [6.45, 7) is 8.99. The molecule has 0 amide bonds. The van der Waals surface area contributed by atoms with Crippen LogP contribution in [0.3, 0.4) is 0 Å². The minimum atomic E-state index is -4.73. The third kappa shape index (κ3) is 6.48. The minimum absolute atomic E-state index is 0.0411. The van der Waals surface area contributed by atoms with Gasteiger partial charge in [-0.05, 0) is 70.5 Å². The first kappa shape index (κ1) is 30.4. The SMILES string of the molecule is C[NH+]=Cc1cc(-c2cc(=O)c3cc(C)cc([C@@H](C)Nc4ccccc4C(=O)OC(C)(C)C)c3o2)cc(C(F)(F)F)c1N. The number of esters is 1. The Kier molecular flexibility index (Phi) is 8.20. The molecule has 0 unspecified atom stereocenters. The highest BCUT2D eigenvalue weighted by Crippen LogP contribution is 2.39. The lowest BCUT2D eigenvalue weighted by Crippen LogP contribution is -2.63. The molecule has 4 aromatic rings. The first-order valence-corrected chi connectivity index (χ1v) is 13.3. The number of carbonyl (C=O) groups excluding carboxylic acids is 1. The average Bonchev–Trinajstić information content (AvgIpc) is 2.88. The summed E-state index contributed by atoms with van der Waals surface area (Å²) in [4.78, 5) is 28.9. The summed E-state index contributed by atoms with van der Waals surface area (Å²) in [6.07, 6.45) is -3.38. The first-order chi connectivity index (χ1) is 19.6. The van der Waals surface area contributed by atoms with E-state index in [2.05, 4.69) is 10.3 Å². The van der Waals surface area contributed by atoms with Gasteiger partial charge in [0.25, 0.3) is 0 Å². The van der Waals surface area contributed by atoms with Crippen LogP contribution in [0, 0.1) is 6.92 Å². The zero-order valence-corrected chi connectivity index (χ0v) is 24.2. The van der Waals surface area contributed by atoms with Crippen LogP contribution in [0.5, 0.6) is 0 Å². The largest absolute Gasteiger partial charge is 0.456 e. The predicted octanol–water partition coefficient (Wildman–Crippen LogP) is 5.63. The van der Waals surface area contributed by atoms with Gasteiger partial charge in [-0.3, -0.25) is 9.79 Å². The zero-order valence-electron chi connectivity index (χ0n) is 24.2. The van der Waals surface area contributed by atoms with Crippen LogP contribution in [0.4, 0.5) is 24.5 Å². The molecule has 1 aromatic heterocycles. The Bertz CT molecular complexity index is 1750. The minimum Gasteiger partial charge on any atom is -0.456 e. The maximum Gasteiger partial charge on any atom is 0.418 e. The normalized spacial score (nSPS) is 13.0. The van der Waals surface area contributed by atoms with Gasteiger partial charge < -0.3 is 20.2 Å². The zero-order chi connectivity index (χ0) is 31.0. The highest BCUT2D eigenvalue weighted by atomic mass is 19.4. The van der Waals surface area contributed by atoms with Crippen LogP contribution in [0.15, 0.2) is 63.8 Å². The molecule has 1 atom stereocenters. The molecule has 0 aliphatic rings. The fraction of sp³-hybridized carbons (Fsp3) is 0.281. The van der Waals surface area contributed by atoms with Crippen LogP contribution >= 0.6 is 0 Å². The smallest absolute Gasteiger partial charge is 0.418 e. The lowest BCUT2D eigenvalue weighted by Gasteiger charge is -2.23. The van der Waals surface area contributed by atoms with Gasteiger partial charge in [-0.1, -0.05) is 18.2 Å². The molecule has 0 radical (unpaired) electrons. The summed E-state index contributed by atoms with van der Waals surface area (Å²) in [5.74, 6) is -0.547. The summed E-state index contributed by atoms with van der Waals surface area (Å²) >= 11 is 0. The number of nitrogens with two attached hydrogens (primary N) is 1. The number of aryl methyl sites for hydroxylation is 1. The maximum absolute atomic E-state index is 13.9. The monoisotopic (exact) mass is 580 g/mol. The number of hydrogen-bond acceptors (Lipinski definition) is 6. The molecule has 0 saturated carbocycles. The van der Waals surface area contributed by atoms with Crippen molar-refractivity contribution in [1.29, 1.82) is 0 Å². The Morgan fingerprint density at radius 1 is 1.10 bits per heavy atom. The number of anilines is 2. The molecule has 1 heterocycles. The van der Waals surface area contributed by atoms with Crippen LogP contribution in [0.25, 0.3) is 22.3 Å². The number of halogens is 3. The number of rotatable bonds is 6. The Morgan fingerprint density at radius 2 is 1.79 bits per heavy atom. The maximum atomic E-state index is 13.9. The standard InChI is InChI=1S/C32H32F3N3O4/c1-17-11-22(18(2)38-25-10-8-7-9-21(25)30(40)42-31(3,4)5)29-23(12-17)26(39)15-27(41-29)19-13-20(16-37-6)28(36)24(14-19)32(33,34)35/h7-16,18,38H,36H2,1-6H3/p+1/t18-/m1/s1. The van der Waals surface area contributed by atoms with Crippen molar-refractivity contribution in [3.05, 3.63) is 92.6 Å². The van der Waals surface area contributed by atoms with E-state index in [-0.39, 0.29) is 27.9 Å². The molecule has 0 saturated heterocycles. The third-order valence-corrected chi connectivity index (χ3v) is 6.49. The second-order valence-corrected chi connectivity index (χ2v) is 11.1. The number of fused-ring (bicyclic) bond motifs is 1. The van der Waals surface area contributed by atoms with Crippen molar-refractivity contribution in [3.8, 4) is 11.3 Å². The topological polar surface area (TPSA) is 109 Å². The van der Waals surface area contributed by atoms with E-state index in [4.69, 9.17) is 14.9 Å². The molecule has 0 aliphatic heterocycles. The second-order valence-electron chi connectivity index (χ2n) is 11.1. The number of carbonyl (C=O) groups is 1. The van der Waals surface area contributed by atoms with E-state index in [1.165, 1.54) is 18.3 Å². The van der Waals surface area contributed by atoms with Gasteiger partial charge in [-0.15, -0.1) is 0 Å². The lowest BCUT2D eigenvalue weighted by molar-refractivity contribution is -0.413. The van der Waals surface area contributed by atoms with Crippen molar-refractivity contribution in [2.75, 3.05) is 18.1 Å². The molecule has 4 N–H and O–H groups in total. The van der Waals surface area contributed by atoms with Gasteiger partial charge in [0.1, 0.15) is 24.0 Å². The molecule has 7 nitrogen and oxygen atoms in total. The number of para-hydroxylation sites is 1. The number of benzene rings is 3. The number of ether oxygens (including phenoxy) is 1. The summed E-state index contributed by atoms with van der Waals surface area (Å²) < 4.78 is 53.3. The van der Waals surface area contributed by atoms with Crippen LogP contribution in [0.2, 0.25) is 0 Å². The van der Waals surface area contributed by atoms with Gasteiger partial charge in [-0.2, -0.15) is 13.2 Å². The van der Waals surface area contributed by atoms with Crippen LogP contribution in [0.1, 0.15) is 66.3 Å². The van der Waals surface area contributed by atoms with E-state index in [0.29, 0.717) is 16.8 Å². The van der Waals surface area contributed by atoms with Crippen LogP contribution < -0.4 is 21.5 Å². The van der Waals surface area contributed by atoms with Crippen molar-refractivity contribution in [1.82, 2.24) is 0 Å². The number of alkyl halides is 3. The summed E-state index contributed by atoms with van der Waals surface area (Å²) in [7, 11) is 1.54. The van der Waals surface area contributed by atoms with Gasteiger partial charge in [0.2, 0.25) is 0 Å². The van der Waals surface area contributed by atoms with Gasteiger partial charge >= 0.3 is 12.1 Å². The van der Waals surface area contributed by atoms with Crippen molar-refractivity contribution in [2.24, 2.45) is 0 Å². The molecule has 0 aliphatic carbocycles. The highest BCUT2D eigenvalue weighted by molar-refractivity contribution is 5.96. The van der Waals surface area contributed by atoms with E-state index in [1.807, 2.05) is 19.9 Å². The fourth-order valence-electron chi connectivity index (χ4n) is 4.66. The number of hydrogen-bond donors (Lipinski definition) is 3. The van der Waals surface area contributed by atoms with E-state index in [0.717, 1.165) is 11.6 Å². The van der Waals surface area contributed by atoms with Crippen molar-refractivity contribution >= 4 is 34.5 Å². The molecule has 10 heteroatoms. The van der Waals surface area contributed by atoms with E-state index in [9.17, 15) is 22.8 Å². The third-order valence-electron chi connectivity index (χ3n) is 6.49. The fourth-order valence-corrected chi connectivity index (χ4v) is 4.66. The van der Waals surface area contributed by atoms with E-state index >= 15 is 0 Å². The molecule has 220 valence electrons. The highest BCUT2D eigenvalue weighted by Gasteiger charge is 2.35. The number of nitrogen functional groups attached to an aromatic ring is 1. The summed E-state index contributed by atoms with van der Waals surface area (Å²) in [5.41, 5.74) is 5.78. The first-order valence-electron chi connectivity index (χ1n) is 13.3. The average molecular weight is 581 g/mol. The molecule has 0 fully saturated rings. The molecular weight excluding hydrogens is 547 g/mol. The summed E-state index contributed by atoms with van der Waals surface area (Å²) in [6, 6.07) is 13.4. The van der Waals surface area contributed by atoms with Gasteiger partial charge in [0, 0.05) is 22.9 Å². The quantitative estimate of drug-likeness (QED) is 0.155. The van der Waals surface area contributed by atoms with Crippen molar-refractivity contribution in [3.63, 3.8) is 0 Å². The van der Waals surface area contributed by atoms with Gasteiger partial charge in [0.05, 0.1) is 33.8 Å². The Balaban J connectivity index is 1.86. The van der Waals surface area contributed by atoms with Gasteiger partial charge in [-0.25, -0.2) is 4.79 Å². The molecule has 3 aromatic carbocycles. The van der Waals surface area contributed by atoms with Crippen molar-refractivity contribution in [2.45, 2.75) is 52.4 Å². The van der Waals surface area contributed by atoms with Crippen molar-refractivity contribution < 1.29 is 32.1 Å². The second kappa shape index (κ2) is 11.3. The van der Waals surface area contributed by atoms with Crippen LogP contribution in [-0.4, -0.2) is 24.8 Å². The molecule has 42 heavy (non-hydrogen) atoms. The van der Waals surface area contributed by atoms with E-state index < -0.39 is 40.5 Å². The molecule has 0 spiro atoms. The van der Waals surface area contributed by atoms with E-state index in [1.54, 1.807) is 58.2 Å². The molecule has 4 rings (SSSR count). The van der Waals surface area contributed by atoms with Crippen LogP contribution in [-0.2, 0) is 10.9 Å². The Hall–Kier alpha value is -4.60. The molecular formula is C32H33F3N3O4+. The molecule has 0 bridgehead atoms. The Morgan fingerprint density at radius 3 is 2.43 bits per heavy atom. The summed E-state index contributed by atoms with van der Waals surface area (Å²) in [5, 5.41) is 3.59.